The number of rotatable bonds is 3. The molecule has 96 valence electrons. The van der Waals surface area contributed by atoms with Crippen molar-refractivity contribution in [3.8, 4) is 0 Å². The second kappa shape index (κ2) is 6.57. The van der Waals surface area contributed by atoms with Crippen molar-refractivity contribution in [2.75, 3.05) is 13.6 Å². The van der Waals surface area contributed by atoms with Crippen molar-refractivity contribution in [2.45, 2.75) is 19.9 Å². The first kappa shape index (κ1) is 15.9. The molecule has 0 saturated carbocycles. The first-order chi connectivity index (χ1) is 7.47. The van der Waals surface area contributed by atoms with E-state index < -0.39 is 0 Å². The van der Waals surface area contributed by atoms with E-state index in [4.69, 9.17) is 5.73 Å². The molecule has 0 bridgehead atoms. The smallest absolute Gasteiger partial charge is 0.253 e. The minimum Gasteiger partial charge on any atom is -0.338 e. The van der Waals surface area contributed by atoms with Crippen LogP contribution in [0.25, 0.3) is 0 Å². The molecule has 1 amide bonds. The molecule has 0 aromatic heterocycles. The molecule has 0 spiro atoms. The number of nitrogens with two attached hydrogens (primary N) is 1. The van der Waals surface area contributed by atoms with Crippen LogP contribution in [0.2, 0.25) is 0 Å². The fourth-order valence-electron chi connectivity index (χ4n) is 1.29. The fraction of sp³-hybridized carbons (Fsp3) is 0.417. The topological polar surface area (TPSA) is 46.3 Å². The molecular formula is C12H18ClFN2O. The molecule has 5 heteroatoms. The van der Waals surface area contributed by atoms with Gasteiger partial charge in [-0.3, -0.25) is 4.79 Å². The largest absolute Gasteiger partial charge is 0.338 e. The minimum atomic E-state index is -0.361. The Morgan fingerprint density at radius 2 is 2.12 bits per heavy atom. The summed E-state index contributed by atoms with van der Waals surface area (Å²) in [6.45, 7) is 3.90. The van der Waals surface area contributed by atoms with Crippen LogP contribution in [-0.2, 0) is 0 Å². The molecule has 0 aliphatic heterocycles. The zero-order valence-corrected chi connectivity index (χ0v) is 11.1. The minimum absolute atomic E-state index is 0. The molecule has 2 N–H and O–H groups in total. The highest BCUT2D eigenvalue weighted by Gasteiger charge is 2.16. The summed E-state index contributed by atoms with van der Waals surface area (Å²) in [5, 5.41) is 0. The van der Waals surface area contributed by atoms with E-state index in [0.717, 1.165) is 0 Å². The van der Waals surface area contributed by atoms with Crippen LogP contribution in [0, 0.1) is 12.7 Å². The summed E-state index contributed by atoms with van der Waals surface area (Å²) in [5.41, 5.74) is 6.36. The van der Waals surface area contributed by atoms with Crippen molar-refractivity contribution in [3.05, 3.63) is 35.1 Å². The Kier molecular flexibility index (Phi) is 6.13. The number of likely N-dealkylation sites (N-methyl/N-ethyl adjacent to an activating group) is 1. The van der Waals surface area contributed by atoms with E-state index in [-0.39, 0.29) is 30.2 Å². The predicted octanol–water partition coefficient (Wildman–Crippen LogP) is 1.98. The van der Waals surface area contributed by atoms with Crippen molar-refractivity contribution < 1.29 is 9.18 Å². The highest BCUT2D eigenvalue weighted by molar-refractivity contribution is 5.94. The first-order valence-electron chi connectivity index (χ1n) is 5.20. The lowest BCUT2D eigenvalue weighted by Crippen LogP contribution is -2.39. The number of halogens is 2. The van der Waals surface area contributed by atoms with Gasteiger partial charge in [-0.2, -0.15) is 0 Å². The Hall–Kier alpha value is -1.13. The maximum absolute atomic E-state index is 13.3. The molecule has 0 aliphatic rings. The lowest BCUT2D eigenvalue weighted by atomic mass is 10.1. The molecule has 1 unspecified atom stereocenters. The third-order valence-electron chi connectivity index (χ3n) is 2.74. The lowest BCUT2D eigenvalue weighted by molar-refractivity contribution is 0.0748. The van der Waals surface area contributed by atoms with Gasteiger partial charge in [-0.15, -0.1) is 12.4 Å². The normalized spacial score (nSPS) is 11.6. The van der Waals surface area contributed by atoms with E-state index in [9.17, 15) is 9.18 Å². The molecule has 1 rings (SSSR count). The average Bonchev–Trinajstić information content (AvgIpc) is 2.29. The van der Waals surface area contributed by atoms with Crippen LogP contribution >= 0.6 is 12.4 Å². The average molecular weight is 261 g/mol. The predicted molar refractivity (Wildman–Crippen MR) is 69.0 cm³/mol. The summed E-state index contributed by atoms with van der Waals surface area (Å²) in [7, 11) is 1.66. The molecule has 0 radical (unpaired) electrons. The second-order valence-corrected chi connectivity index (χ2v) is 3.96. The summed E-state index contributed by atoms with van der Waals surface area (Å²) in [5.74, 6) is -0.573. The third kappa shape index (κ3) is 3.68. The highest BCUT2D eigenvalue weighted by atomic mass is 35.5. The van der Waals surface area contributed by atoms with Gasteiger partial charge in [-0.05, 0) is 31.5 Å². The number of carbonyl (C=O) groups excluding carboxylic acids is 1. The van der Waals surface area contributed by atoms with Gasteiger partial charge < -0.3 is 10.6 Å². The summed E-state index contributed by atoms with van der Waals surface area (Å²) >= 11 is 0. The molecule has 1 aromatic rings. The van der Waals surface area contributed by atoms with Crippen molar-refractivity contribution >= 4 is 18.3 Å². The van der Waals surface area contributed by atoms with Crippen LogP contribution in [0.15, 0.2) is 18.2 Å². The maximum atomic E-state index is 13.3. The quantitative estimate of drug-likeness (QED) is 0.903. The van der Waals surface area contributed by atoms with Crippen molar-refractivity contribution in [3.63, 3.8) is 0 Å². The van der Waals surface area contributed by atoms with E-state index in [0.29, 0.717) is 17.7 Å². The van der Waals surface area contributed by atoms with Crippen LogP contribution in [0.1, 0.15) is 22.8 Å². The number of carbonyl (C=O) groups is 1. The molecule has 0 saturated heterocycles. The number of hydrogen-bond donors (Lipinski definition) is 1. The monoisotopic (exact) mass is 260 g/mol. The van der Waals surface area contributed by atoms with Crippen molar-refractivity contribution in [1.29, 1.82) is 0 Å². The van der Waals surface area contributed by atoms with Gasteiger partial charge in [0.05, 0.1) is 0 Å². The molecular weight excluding hydrogens is 243 g/mol. The summed E-state index contributed by atoms with van der Waals surface area (Å²) in [6, 6.07) is 4.43. The second-order valence-electron chi connectivity index (χ2n) is 3.96. The number of benzene rings is 1. The van der Waals surface area contributed by atoms with Gasteiger partial charge in [0, 0.05) is 25.2 Å². The van der Waals surface area contributed by atoms with E-state index in [1.165, 1.54) is 11.0 Å². The van der Waals surface area contributed by atoms with Gasteiger partial charge in [0.25, 0.3) is 5.91 Å². The summed E-state index contributed by atoms with van der Waals surface area (Å²) < 4.78 is 13.3. The summed E-state index contributed by atoms with van der Waals surface area (Å²) in [4.78, 5) is 13.4. The first-order valence-corrected chi connectivity index (χ1v) is 5.20. The van der Waals surface area contributed by atoms with Gasteiger partial charge in [0.1, 0.15) is 5.82 Å². The highest BCUT2D eigenvalue weighted by Crippen LogP contribution is 2.11. The van der Waals surface area contributed by atoms with Crippen molar-refractivity contribution in [2.24, 2.45) is 5.73 Å². The maximum Gasteiger partial charge on any atom is 0.253 e. The Labute approximate surface area is 107 Å². The molecule has 0 fully saturated rings. The van der Waals surface area contributed by atoms with Gasteiger partial charge in [-0.1, -0.05) is 6.07 Å². The fourth-order valence-corrected chi connectivity index (χ4v) is 1.29. The van der Waals surface area contributed by atoms with E-state index in [2.05, 4.69) is 0 Å². The number of hydrogen-bond acceptors (Lipinski definition) is 2. The Bertz CT molecular complexity index is 398. The Morgan fingerprint density at radius 1 is 1.53 bits per heavy atom. The standard InChI is InChI=1S/C12H17FN2O.ClH/c1-8-4-5-10(6-11(8)13)12(16)15(3)9(2)7-14;/h4-6,9H,7,14H2,1-3H3;1H. The van der Waals surface area contributed by atoms with E-state index in [1.807, 2.05) is 6.92 Å². The number of aryl methyl sites for hydroxylation is 1. The van der Waals surface area contributed by atoms with Crippen LogP contribution in [0.4, 0.5) is 4.39 Å². The van der Waals surface area contributed by atoms with Gasteiger partial charge in [-0.25, -0.2) is 4.39 Å². The zero-order chi connectivity index (χ0) is 12.3. The van der Waals surface area contributed by atoms with Crippen LogP contribution in [0.5, 0.6) is 0 Å². The van der Waals surface area contributed by atoms with Gasteiger partial charge in [0.2, 0.25) is 0 Å². The van der Waals surface area contributed by atoms with E-state index in [1.54, 1.807) is 26.1 Å². The van der Waals surface area contributed by atoms with E-state index >= 15 is 0 Å². The number of nitrogens with zero attached hydrogens (tertiary/aromatic N) is 1. The van der Waals surface area contributed by atoms with Crippen LogP contribution in [0.3, 0.4) is 0 Å². The third-order valence-corrected chi connectivity index (χ3v) is 2.74. The molecule has 1 atom stereocenters. The molecule has 1 aromatic carbocycles. The zero-order valence-electron chi connectivity index (χ0n) is 10.2. The molecule has 0 heterocycles. The Morgan fingerprint density at radius 3 is 2.59 bits per heavy atom. The molecule has 0 aliphatic carbocycles. The summed E-state index contributed by atoms with van der Waals surface area (Å²) in [6.07, 6.45) is 0. The number of amides is 1. The van der Waals surface area contributed by atoms with Crippen molar-refractivity contribution in [1.82, 2.24) is 4.90 Å². The van der Waals surface area contributed by atoms with Gasteiger partial charge in [0.15, 0.2) is 0 Å². The SMILES string of the molecule is Cc1ccc(C(=O)N(C)C(C)CN)cc1F.Cl. The lowest BCUT2D eigenvalue weighted by Gasteiger charge is -2.23. The van der Waals surface area contributed by atoms with Crippen LogP contribution < -0.4 is 5.73 Å². The molecule has 3 nitrogen and oxygen atoms in total. The van der Waals surface area contributed by atoms with Crippen LogP contribution in [-0.4, -0.2) is 30.4 Å². The van der Waals surface area contributed by atoms with Gasteiger partial charge >= 0.3 is 0 Å². The molecule has 17 heavy (non-hydrogen) atoms. The Balaban J connectivity index is 0.00000256.